The lowest BCUT2D eigenvalue weighted by molar-refractivity contribution is -0.122. The smallest absolute Gasteiger partial charge is 0.233 e. The number of amides is 1. The van der Waals surface area contributed by atoms with Gasteiger partial charge >= 0.3 is 12.5 Å². The third kappa shape index (κ3) is 2.26. The minimum atomic E-state index is -5.09. The van der Waals surface area contributed by atoms with Crippen molar-refractivity contribution in [2.24, 2.45) is 0 Å². The highest BCUT2D eigenvalue weighted by atomic mass is 19.4. The van der Waals surface area contributed by atoms with Gasteiger partial charge in [-0.2, -0.15) is 4.90 Å². The summed E-state index contributed by atoms with van der Waals surface area (Å²) in [6, 6.07) is 11.2. The van der Waals surface area contributed by atoms with Gasteiger partial charge in [0.15, 0.2) is 0 Å². The minimum Gasteiger partial charge on any atom is -0.233 e. The van der Waals surface area contributed by atoms with Gasteiger partial charge in [-0.1, -0.05) is 30.3 Å². The van der Waals surface area contributed by atoms with Gasteiger partial charge in [0.1, 0.15) is 0 Å². The van der Waals surface area contributed by atoms with Gasteiger partial charge in [0.05, 0.1) is 5.69 Å². The van der Waals surface area contributed by atoms with Crippen LogP contribution in [0, 0.1) is 0 Å². The molecule has 1 amide bonds. The van der Waals surface area contributed by atoms with Crippen LogP contribution in [0.2, 0.25) is 0 Å². The molecule has 0 atom stereocenters. The fourth-order valence-corrected chi connectivity index (χ4v) is 2.62. The Morgan fingerprint density at radius 3 is 2.33 bits per heavy atom. The Morgan fingerprint density at radius 2 is 1.67 bits per heavy atom. The standard InChI is InChI=1S/C15H9F4NO/c16-14(21)20(15(17,18)19)11-5-6-13-10(8-11)7-9-3-1-2-4-12(9)13/h1-6,8H,7H2. The summed E-state index contributed by atoms with van der Waals surface area (Å²) >= 11 is 0. The van der Waals surface area contributed by atoms with E-state index in [0.717, 1.165) is 22.8 Å². The van der Waals surface area contributed by atoms with E-state index in [9.17, 15) is 22.4 Å². The highest BCUT2D eigenvalue weighted by Gasteiger charge is 2.43. The van der Waals surface area contributed by atoms with Gasteiger partial charge in [-0.15, -0.1) is 17.6 Å². The molecule has 2 nitrogen and oxygen atoms in total. The van der Waals surface area contributed by atoms with E-state index in [1.54, 1.807) is 0 Å². The van der Waals surface area contributed by atoms with Gasteiger partial charge in [0, 0.05) is 0 Å². The van der Waals surface area contributed by atoms with Crippen molar-refractivity contribution in [3.63, 3.8) is 0 Å². The van der Waals surface area contributed by atoms with Crippen LogP contribution in [0.15, 0.2) is 42.5 Å². The molecule has 0 heterocycles. The Kier molecular flexibility index (Phi) is 2.97. The summed E-state index contributed by atoms with van der Waals surface area (Å²) in [7, 11) is 0. The molecule has 1 aliphatic carbocycles. The fourth-order valence-electron chi connectivity index (χ4n) is 2.62. The number of hydrogen-bond acceptors (Lipinski definition) is 1. The van der Waals surface area contributed by atoms with Crippen LogP contribution >= 0.6 is 0 Å². The molecule has 0 saturated carbocycles. The number of benzene rings is 2. The Bertz CT molecular complexity index is 724. The zero-order valence-corrected chi connectivity index (χ0v) is 10.6. The summed E-state index contributed by atoms with van der Waals surface area (Å²) in [5.41, 5.74) is 2.88. The van der Waals surface area contributed by atoms with Crippen LogP contribution in [0.25, 0.3) is 11.1 Å². The zero-order chi connectivity index (χ0) is 15.2. The number of carbonyl (C=O) groups excluding carboxylic acids is 1. The summed E-state index contributed by atoms with van der Waals surface area (Å²) in [4.78, 5) is 9.85. The fraction of sp³-hybridized carbons (Fsp3) is 0.133. The van der Waals surface area contributed by atoms with E-state index in [0.29, 0.717) is 12.0 Å². The average Bonchev–Trinajstić information content (AvgIpc) is 2.74. The van der Waals surface area contributed by atoms with Crippen LogP contribution in [0.5, 0.6) is 0 Å². The van der Waals surface area contributed by atoms with Gasteiger partial charge < -0.3 is 0 Å². The number of rotatable bonds is 1. The summed E-state index contributed by atoms with van der Waals surface area (Å²) in [5, 5.41) is 0. The van der Waals surface area contributed by atoms with Crippen molar-refractivity contribution in [2.45, 2.75) is 12.7 Å². The first-order valence-electron chi connectivity index (χ1n) is 6.15. The van der Waals surface area contributed by atoms with Crippen molar-refractivity contribution in [3.05, 3.63) is 53.6 Å². The second-order valence-corrected chi connectivity index (χ2v) is 4.73. The number of nitrogens with zero attached hydrogens (tertiary/aromatic N) is 1. The molecule has 0 aromatic heterocycles. The predicted octanol–water partition coefficient (Wildman–Crippen LogP) is 4.67. The molecule has 2 aromatic carbocycles. The van der Waals surface area contributed by atoms with Crippen molar-refractivity contribution >= 4 is 11.8 Å². The molecule has 0 spiro atoms. The van der Waals surface area contributed by atoms with Crippen molar-refractivity contribution in [3.8, 4) is 11.1 Å². The normalized spacial score (nSPS) is 12.8. The number of alkyl halides is 3. The molecule has 0 aliphatic heterocycles. The molecule has 0 unspecified atom stereocenters. The highest BCUT2D eigenvalue weighted by Crippen LogP contribution is 2.39. The number of hydrogen-bond donors (Lipinski definition) is 0. The van der Waals surface area contributed by atoms with Crippen molar-refractivity contribution in [1.29, 1.82) is 0 Å². The maximum Gasteiger partial charge on any atom is 0.493 e. The first-order valence-corrected chi connectivity index (χ1v) is 6.15. The van der Waals surface area contributed by atoms with E-state index in [-0.39, 0.29) is 0 Å². The lowest BCUT2D eigenvalue weighted by Gasteiger charge is -2.21. The van der Waals surface area contributed by atoms with Crippen molar-refractivity contribution in [2.75, 3.05) is 4.90 Å². The van der Waals surface area contributed by atoms with E-state index in [4.69, 9.17) is 0 Å². The number of anilines is 1. The first-order chi connectivity index (χ1) is 9.88. The molecule has 0 bridgehead atoms. The molecule has 0 fully saturated rings. The van der Waals surface area contributed by atoms with Crippen LogP contribution < -0.4 is 4.90 Å². The van der Waals surface area contributed by atoms with Crippen LogP contribution in [0.1, 0.15) is 11.1 Å². The lowest BCUT2D eigenvalue weighted by Crippen LogP contribution is -2.40. The summed E-state index contributed by atoms with van der Waals surface area (Å²) in [6.07, 6.45) is -7.17. The number of carbonyl (C=O) groups is 1. The molecular formula is C15H9F4NO. The summed E-state index contributed by atoms with van der Waals surface area (Å²) in [6.45, 7) is 0. The molecule has 21 heavy (non-hydrogen) atoms. The maximum absolute atomic E-state index is 12.7. The second kappa shape index (κ2) is 4.58. The van der Waals surface area contributed by atoms with E-state index in [1.165, 1.54) is 12.1 Å². The minimum absolute atomic E-state index is 0.464. The van der Waals surface area contributed by atoms with Crippen LogP contribution in [0.4, 0.5) is 28.0 Å². The van der Waals surface area contributed by atoms with Crippen LogP contribution in [-0.2, 0) is 6.42 Å². The molecule has 6 heteroatoms. The topological polar surface area (TPSA) is 20.3 Å². The lowest BCUT2D eigenvalue weighted by atomic mass is 10.1. The predicted molar refractivity (Wildman–Crippen MR) is 69.7 cm³/mol. The molecule has 0 radical (unpaired) electrons. The van der Waals surface area contributed by atoms with Gasteiger partial charge in [0.2, 0.25) is 0 Å². The Balaban J connectivity index is 2.06. The van der Waals surface area contributed by atoms with Crippen LogP contribution in [-0.4, -0.2) is 12.5 Å². The quantitative estimate of drug-likeness (QED) is 0.363. The van der Waals surface area contributed by atoms with E-state index in [1.807, 2.05) is 24.3 Å². The third-order valence-corrected chi connectivity index (χ3v) is 3.46. The zero-order valence-electron chi connectivity index (χ0n) is 10.6. The molecule has 0 N–H and O–H groups in total. The second-order valence-electron chi connectivity index (χ2n) is 4.73. The van der Waals surface area contributed by atoms with Crippen molar-refractivity contribution in [1.82, 2.24) is 0 Å². The third-order valence-electron chi connectivity index (χ3n) is 3.46. The molecule has 2 aromatic rings. The van der Waals surface area contributed by atoms with Crippen molar-refractivity contribution < 1.29 is 22.4 Å². The molecule has 3 rings (SSSR count). The van der Waals surface area contributed by atoms with E-state index in [2.05, 4.69) is 0 Å². The van der Waals surface area contributed by atoms with Gasteiger partial charge in [-0.3, -0.25) is 0 Å². The molecule has 1 aliphatic rings. The first kappa shape index (κ1) is 13.6. The summed E-state index contributed by atoms with van der Waals surface area (Å²) in [5.74, 6) is 0. The molecule has 0 saturated heterocycles. The van der Waals surface area contributed by atoms with Crippen LogP contribution in [0.3, 0.4) is 0 Å². The summed E-state index contributed by atoms with van der Waals surface area (Å²) < 4.78 is 50.9. The Hall–Kier alpha value is -2.37. The monoisotopic (exact) mass is 295 g/mol. The van der Waals surface area contributed by atoms with E-state index >= 15 is 0 Å². The number of halogens is 4. The van der Waals surface area contributed by atoms with Gasteiger partial charge in [-0.25, -0.2) is 4.79 Å². The SMILES string of the molecule is O=C(F)N(c1ccc2c(c1)Cc1ccccc1-2)C(F)(F)F. The van der Waals surface area contributed by atoms with E-state index < -0.39 is 23.0 Å². The Morgan fingerprint density at radius 1 is 1.00 bits per heavy atom. The Labute approximate surface area is 117 Å². The molecule has 108 valence electrons. The van der Waals surface area contributed by atoms with Gasteiger partial charge in [-0.05, 0) is 40.8 Å². The number of fused-ring (bicyclic) bond motifs is 3. The highest BCUT2D eigenvalue weighted by molar-refractivity contribution is 5.89. The molecular weight excluding hydrogens is 286 g/mol. The van der Waals surface area contributed by atoms with Gasteiger partial charge in [0.25, 0.3) is 0 Å². The maximum atomic E-state index is 12.7. The largest absolute Gasteiger partial charge is 0.493 e. The average molecular weight is 295 g/mol.